The van der Waals surface area contributed by atoms with Crippen LogP contribution in [0.2, 0.25) is 0 Å². The molecule has 5 heteroatoms. The van der Waals surface area contributed by atoms with E-state index in [4.69, 9.17) is 5.73 Å². The summed E-state index contributed by atoms with van der Waals surface area (Å²) in [5.41, 5.74) is 8.82. The van der Waals surface area contributed by atoms with E-state index < -0.39 is 0 Å². The summed E-state index contributed by atoms with van der Waals surface area (Å²) in [5.74, 6) is 0.568. The Bertz CT molecular complexity index is 623. The van der Waals surface area contributed by atoms with Gasteiger partial charge in [-0.15, -0.1) is 0 Å². The molecule has 1 aromatic rings. The van der Waals surface area contributed by atoms with E-state index in [1.165, 1.54) is 62.6 Å². The number of rotatable bonds is 8. The van der Waals surface area contributed by atoms with Crippen LogP contribution in [0.15, 0.2) is 29.3 Å². The SMILES string of the molecule is CCN1CCCC1CNC(N)=NCc1ccccc1CN(C)C1CCCCC1. The van der Waals surface area contributed by atoms with E-state index in [1.807, 2.05) is 0 Å². The summed E-state index contributed by atoms with van der Waals surface area (Å²) in [5, 5.41) is 3.35. The molecule has 0 aromatic heterocycles. The zero-order valence-electron chi connectivity index (χ0n) is 17.9. The molecule has 1 saturated carbocycles. The van der Waals surface area contributed by atoms with Crippen molar-refractivity contribution in [2.75, 3.05) is 26.7 Å². The Kier molecular flexibility index (Phi) is 8.16. The number of likely N-dealkylation sites (tertiary alicyclic amines) is 1. The van der Waals surface area contributed by atoms with Gasteiger partial charge in [0.25, 0.3) is 0 Å². The van der Waals surface area contributed by atoms with Crippen LogP contribution in [0.25, 0.3) is 0 Å². The molecule has 1 aromatic carbocycles. The summed E-state index contributed by atoms with van der Waals surface area (Å²) >= 11 is 0. The molecule has 1 atom stereocenters. The number of nitrogens with one attached hydrogen (secondary N) is 1. The van der Waals surface area contributed by atoms with Crippen LogP contribution in [-0.2, 0) is 13.1 Å². The van der Waals surface area contributed by atoms with Gasteiger partial charge in [0, 0.05) is 25.2 Å². The quantitative estimate of drug-likeness (QED) is 0.532. The minimum Gasteiger partial charge on any atom is -0.370 e. The van der Waals surface area contributed by atoms with Crippen LogP contribution < -0.4 is 11.1 Å². The molecule has 28 heavy (non-hydrogen) atoms. The highest BCUT2D eigenvalue weighted by Crippen LogP contribution is 2.23. The smallest absolute Gasteiger partial charge is 0.188 e. The van der Waals surface area contributed by atoms with Crippen LogP contribution in [-0.4, -0.2) is 54.5 Å². The standard InChI is InChI=1S/C23H39N5/c1-3-28-15-9-14-22(28)17-26-23(24)25-16-19-10-7-8-11-20(19)18-27(2)21-12-5-4-6-13-21/h7-8,10-11,21-22H,3-6,9,12-18H2,1-2H3,(H3,24,25,26). The molecule has 0 amide bonds. The number of guanidine groups is 1. The number of hydrogen-bond acceptors (Lipinski definition) is 3. The normalized spacial score (nSPS) is 22.1. The number of likely N-dealkylation sites (N-methyl/N-ethyl adjacent to an activating group) is 1. The van der Waals surface area contributed by atoms with E-state index in [0.29, 0.717) is 18.5 Å². The lowest BCUT2D eigenvalue weighted by Gasteiger charge is -2.31. The zero-order chi connectivity index (χ0) is 19.8. The molecule has 1 aliphatic heterocycles. The number of nitrogens with zero attached hydrogens (tertiary/aromatic N) is 3. The third-order valence-electron chi connectivity index (χ3n) is 6.58. The van der Waals surface area contributed by atoms with Crippen molar-refractivity contribution >= 4 is 5.96 Å². The summed E-state index contributed by atoms with van der Waals surface area (Å²) in [6, 6.07) is 10.00. The van der Waals surface area contributed by atoms with Crippen molar-refractivity contribution in [1.82, 2.24) is 15.1 Å². The highest BCUT2D eigenvalue weighted by molar-refractivity contribution is 5.77. The fraction of sp³-hybridized carbons (Fsp3) is 0.696. The van der Waals surface area contributed by atoms with E-state index in [9.17, 15) is 0 Å². The third kappa shape index (κ3) is 5.95. The average Bonchev–Trinajstić information content (AvgIpc) is 3.20. The predicted molar refractivity (Wildman–Crippen MR) is 118 cm³/mol. The van der Waals surface area contributed by atoms with E-state index in [2.05, 4.69) is 58.3 Å². The van der Waals surface area contributed by atoms with Gasteiger partial charge >= 0.3 is 0 Å². The molecule has 1 heterocycles. The second kappa shape index (κ2) is 10.8. The molecule has 1 aliphatic carbocycles. The number of benzene rings is 1. The Balaban J connectivity index is 1.52. The van der Waals surface area contributed by atoms with Crippen LogP contribution in [0.3, 0.4) is 0 Å². The molecule has 0 radical (unpaired) electrons. The summed E-state index contributed by atoms with van der Waals surface area (Å²) in [6.07, 6.45) is 9.37. The van der Waals surface area contributed by atoms with Gasteiger partial charge in [0.05, 0.1) is 6.54 Å². The Morgan fingerprint density at radius 2 is 1.89 bits per heavy atom. The minimum absolute atomic E-state index is 0.568. The van der Waals surface area contributed by atoms with Crippen molar-refractivity contribution in [3.8, 4) is 0 Å². The third-order valence-corrected chi connectivity index (χ3v) is 6.58. The largest absolute Gasteiger partial charge is 0.370 e. The summed E-state index contributed by atoms with van der Waals surface area (Å²) in [4.78, 5) is 9.69. The molecule has 3 rings (SSSR count). The molecular weight excluding hydrogens is 346 g/mol. The Hall–Kier alpha value is -1.59. The average molecular weight is 386 g/mol. The summed E-state index contributed by atoms with van der Waals surface area (Å²) in [6.45, 7) is 7.10. The first-order valence-electron chi connectivity index (χ1n) is 11.2. The summed E-state index contributed by atoms with van der Waals surface area (Å²) in [7, 11) is 2.27. The van der Waals surface area contributed by atoms with Crippen molar-refractivity contribution in [2.24, 2.45) is 10.7 Å². The molecule has 0 spiro atoms. The Morgan fingerprint density at radius 1 is 1.14 bits per heavy atom. The fourth-order valence-electron chi connectivity index (χ4n) is 4.78. The topological polar surface area (TPSA) is 56.9 Å². The first kappa shape index (κ1) is 21.1. The monoisotopic (exact) mass is 385 g/mol. The van der Waals surface area contributed by atoms with Gasteiger partial charge in [-0.2, -0.15) is 0 Å². The maximum atomic E-state index is 6.16. The van der Waals surface area contributed by atoms with Gasteiger partial charge in [-0.25, -0.2) is 4.99 Å². The molecule has 0 bridgehead atoms. The van der Waals surface area contributed by atoms with Gasteiger partial charge in [0.2, 0.25) is 0 Å². The highest BCUT2D eigenvalue weighted by atomic mass is 15.2. The molecule has 1 unspecified atom stereocenters. The van der Waals surface area contributed by atoms with Crippen LogP contribution in [0.1, 0.15) is 63.0 Å². The van der Waals surface area contributed by atoms with Crippen molar-refractivity contribution in [3.05, 3.63) is 35.4 Å². The van der Waals surface area contributed by atoms with Gasteiger partial charge in [-0.05, 0) is 56.9 Å². The second-order valence-electron chi connectivity index (χ2n) is 8.48. The summed E-state index contributed by atoms with van der Waals surface area (Å²) < 4.78 is 0. The first-order chi connectivity index (χ1) is 13.7. The number of aliphatic imine (C=N–C) groups is 1. The Morgan fingerprint density at radius 3 is 2.64 bits per heavy atom. The molecule has 2 fully saturated rings. The lowest BCUT2D eigenvalue weighted by Crippen LogP contribution is -2.42. The van der Waals surface area contributed by atoms with Crippen LogP contribution in [0.4, 0.5) is 0 Å². The predicted octanol–water partition coefficient (Wildman–Crippen LogP) is 3.34. The lowest BCUT2D eigenvalue weighted by atomic mass is 9.94. The minimum atomic E-state index is 0.568. The van der Waals surface area contributed by atoms with Crippen LogP contribution >= 0.6 is 0 Å². The maximum Gasteiger partial charge on any atom is 0.188 e. The van der Waals surface area contributed by atoms with Crippen molar-refractivity contribution in [3.63, 3.8) is 0 Å². The molecule has 1 saturated heterocycles. The van der Waals surface area contributed by atoms with Gasteiger partial charge in [0.15, 0.2) is 5.96 Å². The highest BCUT2D eigenvalue weighted by Gasteiger charge is 2.22. The van der Waals surface area contributed by atoms with Gasteiger partial charge < -0.3 is 11.1 Å². The Labute approximate surface area is 171 Å². The molecule has 3 N–H and O–H groups in total. The van der Waals surface area contributed by atoms with Crippen LogP contribution in [0.5, 0.6) is 0 Å². The molecule has 2 aliphatic rings. The van der Waals surface area contributed by atoms with Gasteiger partial charge in [-0.1, -0.05) is 50.5 Å². The first-order valence-corrected chi connectivity index (χ1v) is 11.2. The fourth-order valence-corrected chi connectivity index (χ4v) is 4.78. The van der Waals surface area contributed by atoms with Gasteiger partial charge in [0.1, 0.15) is 0 Å². The van der Waals surface area contributed by atoms with Crippen molar-refractivity contribution in [2.45, 2.75) is 77.0 Å². The van der Waals surface area contributed by atoms with Crippen LogP contribution in [0, 0.1) is 0 Å². The van der Waals surface area contributed by atoms with Crippen molar-refractivity contribution in [1.29, 1.82) is 0 Å². The molecule has 156 valence electrons. The van der Waals surface area contributed by atoms with Gasteiger partial charge in [-0.3, -0.25) is 9.80 Å². The zero-order valence-corrected chi connectivity index (χ0v) is 17.9. The van der Waals surface area contributed by atoms with Crippen molar-refractivity contribution < 1.29 is 0 Å². The lowest BCUT2D eigenvalue weighted by molar-refractivity contribution is 0.184. The number of nitrogens with two attached hydrogens (primary N) is 1. The van der Waals surface area contributed by atoms with E-state index in [0.717, 1.165) is 25.7 Å². The van der Waals surface area contributed by atoms with E-state index in [1.54, 1.807) is 0 Å². The molecular formula is C23H39N5. The molecule has 5 nitrogen and oxygen atoms in total. The number of hydrogen-bond donors (Lipinski definition) is 2. The maximum absolute atomic E-state index is 6.16. The van der Waals surface area contributed by atoms with E-state index >= 15 is 0 Å². The van der Waals surface area contributed by atoms with E-state index in [-0.39, 0.29) is 0 Å². The second-order valence-corrected chi connectivity index (χ2v) is 8.48.